The van der Waals surface area contributed by atoms with Gasteiger partial charge in [0, 0.05) is 13.5 Å². The fourth-order valence-electron chi connectivity index (χ4n) is 5.19. The number of ether oxygens (including phenoxy) is 1. The van der Waals surface area contributed by atoms with Gasteiger partial charge in [0.15, 0.2) is 5.69 Å². The Bertz CT molecular complexity index is 1310. The summed E-state index contributed by atoms with van der Waals surface area (Å²) in [6.45, 7) is 7.08. The number of hydrogen-bond acceptors (Lipinski definition) is 8. The normalized spacial score (nSPS) is 19.9. The second-order valence-corrected chi connectivity index (χ2v) is 10.2. The summed E-state index contributed by atoms with van der Waals surface area (Å²) >= 11 is 0. The highest BCUT2D eigenvalue weighted by molar-refractivity contribution is 6.03. The van der Waals surface area contributed by atoms with Gasteiger partial charge in [-0.2, -0.15) is 0 Å². The number of hydrogen-bond donors (Lipinski definition) is 2. The van der Waals surface area contributed by atoms with Gasteiger partial charge in [0.2, 0.25) is 11.8 Å². The van der Waals surface area contributed by atoms with Crippen molar-refractivity contribution in [3.63, 3.8) is 0 Å². The van der Waals surface area contributed by atoms with E-state index in [9.17, 15) is 24.0 Å². The zero-order chi connectivity index (χ0) is 28.5. The van der Waals surface area contributed by atoms with Crippen LogP contribution in [0, 0.1) is 13.8 Å². The SMILES string of the molecule is CC(=O)OC(C)C(NC(=O)CN1CC2(CCCN2C(=O)c2nnn(Cc3ccc(C)cc3)c2C)C1=O)C(N)=O. The number of rotatable bonds is 9. The molecule has 2 aliphatic rings. The number of nitrogens with two attached hydrogens (primary N) is 1. The molecule has 2 saturated heterocycles. The molecular formula is C26H33N7O6. The Morgan fingerprint density at radius 1 is 1.18 bits per heavy atom. The van der Waals surface area contributed by atoms with E-state index in [0.717, 1.165) is 11.1 Å². The molecule has 1 spiro atoms. The summed E-state index contributed by atoms with van der Waals surface area (Å²) in [5.41, 5.74) is 7.26. The van der Waals surface area contributed by atoms with Crippen molar-refractivity contribution >= 4 is 29.6 Å². The summed E-state index contributed by atoms with van der Waals surface area (Å²) < 4.78 is 6.62. The topological polar surface area (TPSA) is 170 Å². The van der Waals surface area contributed by atoms with Gasteiger partial charge >= 0.3 is 5.97 Å². The highest BCUT2D eigenvalue weighted by Gasteiger charge is 2.60. The van der Waals surface area contributed by atoms with Crippen molar-refractivity contribution < 1.29 is 28.7 Å². The highest BCUT2D eigenvalue weighted by atomic mass is 16.5. The first-order chi connectivity index (χ1) is 18.4. The predicted molar refractivity (Wildman–Crippen MR) is 137 cm³/mol. The van der Waals surface area contributed by atoms with Gasteiger partial charge in [-0.15, -0.1) is 5.10 Å². The van der Waals surface area contributed by atoms with E-state index in [1.165, 1.54) is 23.6 Å². The fraction of sp³-hybridized carbons (Fsp3) is 0.500. The van der Waals surface area contributed by atoms with E-state index in [1.807, 2.05) is 31.2 Å². The lowest BCUT2D eigenvalue weighted by atomic mass is 9.85. The van der Waals surface area contributed by atoms with E-state index in [0.29, 0.717) is 31.6 Å². The van der Waals surface area contributed by atoms with Crippen LogP contribution in [0.1, 0.15) is 54.0 Å². The minimum Gasteiger partial charge on any atom is -0.460 e. The molecule has 208 valence electrons. The maximum Gasteiger partial charge on any atom is 0.302 e. The summed E-state index contributed by atoms with van der Waals surface area (Å²) in [6, 6.07) is 6.75. The molecule has 0 saturated carbocycles. The van der Waals surface area contributed by atoms with Crippen LogP contribution in [0.3, 0.4) is 0 Å². The standard InChI is InChI=1S/C26H33N7O6/c1-15-6-8-19(9-7-15)12-33-16(2)21(29-30-33)24(37)32-11-5-10-26(32)14-31(25(26)38)13-20(35)28-22(23(27)36)17(3)39-18(4)34/h6-9,17,22H,5,10-14H2,1-4H3,(H2,27,36)(H,28,35). The Labute approximate surface area is 225 Å². The van der Waals surface area contributed by atoms with Gasteiger partial charge in [0.05, 0.1) is 25.3 Å². The molecule has 2 aromatic rings. The third-order valence-electron chi connectivity index (χ3n) is 7.29. The Morgan fingerprint density at radius 3 is 2.49 bits per heavy atom. The first-order valence-electron chi connectivity index (χ1n) is 12.8. The Hall–Kier alpha value is -4.29. The highest BCUT2D eigenvalue weighted by Crippen LogP contribution is 2.39. The number of primary amides is 1. The van der Waals surface area contributed by atoms with Crippen molar-refractivity contribution in [1.82, 2.24) is 30.1 Å². The third-order valence-corrected chi connectivity index (χ3v) is 7.29. The lowest BCUT2D eigenvalue weighted by molar-refractivity contribution is -0.161. The van der Waals surface area contributed by atoms with Gasteiger partial charge in [-0.1, -0.05) is 35.0 Å². The summed E-state index contributed by atoms with van der Waals surface area (Å²) in [5.74, 6) is -2.86. The maximum atomic E-state index is 13.5. The maximum absolute atomic E-state index is 13.5. The minimum absolute atomic E-state index is 0.169. The lowest BCUT2D eigenvalue weighted by Gasteiger charge is -2.50. The first kappa shape index (κ1) is 27.7. The quantitative estimate of drug-likeness (QED) is 0.323. The summed E-state index contributed by atoms with van der Waals surface area (Å²) in [4.78, 5) is 65.2. The van der Waals surface area contributed by atoms with Gasteiger partial charge in [-0.3, -0.25) is 24.0 Å². The molecule has 3 heterocycles. The van der Waals surface area contributed by atoms with Crippen LogP contribution in [0.15, 0.2) is 24.3 Å². The summed E-state index contributed by atoms with van der Waals surface area (Å²) in [7, 11) is 0. The number of amides is 4. The van der Waals surface area contributed by atoms with Crippen molar-refractivity contribution in [2.75, 3.05) is 19.6 Å². The number of aromatic nitrogens is 3. The number of esters is 1. The molecule has 2 aliphatic heterocycles. The molecule has 3 N–H and O–H groups in total. The molecule has 1 aromatic carbocycles. The van der Waals surface area contributed by atoms with Crippen LogP contribution in [-0.4, -0.2) is 91.7 Å². The Balaban J connectivity index is 1.40. The number of β-lactam (4-membered cyclic amide) rings is 1. The minimum atomic E-state index is -1.25. The number of likely N-dealkylation sites (tertiary alicyclic amines) is 2. The van der Waals surface area contributed by atoms with Crippen LogP contribution in [0.25, 0.3) is 0 Å². The monoisotopic (exact) mass is 539 g/mol. The molecule has 2 fully saturated rings. The molecule has 0 aliphatic carbocycles. The van der Waals surface area contributed by atoms with E-state index in [1.54, 1.807) is 11.6 Å². The molecule has 3 atom stereocenters. The van der Waals surface area contributed by atoms with E-state index >= 15 is 0 Å². The largest absolute Gasteiger partial charge is 0.460 e. The van der Waals surface area contributed by atoms with E-state index in [4.69, 9.17) is 10.5 Å². The van der Waals surface area contributed by atoms with Gasteiger partial charge in [-0.05, 0) is 39.2 Å². The molecule has 4 amide bonds. The summed E-state index contributed by atoms with van der Waals surface area (Å²) in [5, 5.41) is 10.7. The molecule has 0 radical (unpaired) electrons. The molecule has 13 nitrogen and oxygen atoms in total. The molecule has 3 unspecified atom stereocenters. The van der Waals surface area contributed by atoms with Crippen molar-refractivity contribution in [3.8, 4) is 0 Å². The molecule has 13 heteroatoms. The predicted octanol–water partition coefficient (Wildman–Crippen LogP) is -0.318. The molecule has 1 aromatic heterocycles. The number of nitrogens with zero attached hydrogens (tertiary/aromatic N) is 5. The van der Waals surface area contributed by atoms with Crippen molar-refractivity contribution in [1.29, 1.82) is 0 Å². The lowest BCUT2D eigenvalue weighted by Crippen LogP contribution is -2.74. The second-order valence-electron chi connectivity index (χ2n) is 10.2. The van der Waals surface area contributed by atoms with Crippen LogP contribution in [0.4, 0.5) is 0 Å². The van der Waals surface area contributed by atoms with E-state index in [-0.39, 0.29) is 30.6 Å². The molecule has 0 bridgehead atoms. The van der Waals surface area contributed by atoms with Crippen LogP contribution < -0.4 is 11.1 Å². The van der Waals surface area contributed by atoms with Gasteiger partial charge < -0.3 is 25.6 Å². The average molecular weight is 540 g/mol. The van der Waals surface area contributed by atoms with Crippen LogP contribution >= 0.6 is 0 Å². The zero-order valence-corrected chi connectivity index (χ0v) is 22.5. The molecule has 39 heavy (non-hydrogen) atoms. The third kappa shape index (κ3) is 5.47. The fourth-order valence-corrected chi connectivity index (χ4v) is 5.19. The van der Waals surface area contributed by atoms with E-state index < -0.39 is 35.5 Å². The van der Waals surface area contributed by atoms with Gasteiger partial charge in [0.25, 0.3) is 11.8 Å². The zero-order valence-electron chi connectivity index (χ0n) is 22.5. The van der Waals surface area contributed by atoms with Gasteiger partial charge in [0.1, 0.15) is 17.7 Å². The van der Waals surface area contributed by atoms with Crippen molar-refractivity contribution in [3.05, 3.63) is 46.8 Å². The number of benzene rings is 1. The molecular weight excluding hydrogens is 506 g/mol. The second kappa shape index (κ2) is 10.8. The first-order valence-corrected chi connectivity index (χ1v) is 12.8. The van der Waals surface area contributed by atoms with Crippen molar-refractivity contribution in [2.45, 2.75) is 64.8 Å². The number of nitrogens with one attached hydrogen (secondary N) is 1. The number of carbonyl (C=O) groups is 5. The van der Waals surface area contributed by atoms with Crippen LogP contribution in [0.2, 0.25) is 0 Å². The Morgan fingerprint density at radius 2 is 1.87 bits per heavy atom. The summed E-state index contributed by atoms with van der Waals surface area (Å²) in [6.07, 6.45) is 0.130. The Kier molecular flexibility index (Phi) is 7.70. The van der Waals surface area contributed by atoms with E-state index in [2.05, 4.69) is 15.6 Å². The number of aryl methyl sites for hydroxylation is 1. The average Bonchev–Trinajstić information content (AvgIpc) is 3.48. The van der Waals surface area contributed by atoms with Crippen molar-refractivity contribution in [2.24, 2.45) is 5.73 Å². The smallest absolute Gasteiger partial charge is 0.302 e. The number of carbonyl (C=O) groups excluding carboxylic acids is 5. The van der Waals surface area contributed by atoms with Crippen LogP contribution in [0.5, 0.6) is 0 Å². The van der Waals surface area contributed by atoms with Gasteiger partial charge in [-0.25, -0.2) is 4.68 Å². The molecule has 4 rings (SSSR count). The van der Waals surface area contributed by atoms with Crippen LogP contribution in [-0.2, 0) is 30.5 Å².